The van der Waals surface area contributed by atoms with Crippen molar-refractivity contribution in [1.29, 1.82) is 0 Å². The molecule has 0 radical (unpaired) electrons. The molecule has 0 bridgehead atoms. The average Bonchev–Trinajstić information content (AvgIpc) is 2.95. The van der Waals surface area contributed by atoms with E-state index in [9.17, 15) is 4.79 Å². The van der Waals surface area contributed by atoms with Crippen molar-refractivity contribution in [2.45, 2.75) is 97.6 Å². The highest BCUT2D eigenvalue weighted by Crippen LogP contribution is 2.44. The highest BCUT2D eigenvalue weighted by Gasteiger charge is 2.52. The molecule has 4 heterocycles. The number of hydrogen-bond donors (Lipinski definition) is 0. The monoisotopic (exact) mass is 522 g/mol. The van der Waals surface area contributed by atoms with Crippen LogP contribution in [0, 0.1) is 6.92 Å². The molecule has 0 spiro atoms. The van der Waals surface area contributed by atoms with Crippen LogP contribution in [0.5, 0.6) is 5.75 Å². The number of pyridine rings is 1. The van der Waals surface area contributed by atoms with Crippen molar-refractivity contribution >= 4 is 30.2 Å². The van der Waals surface area contributed by atoms with Crippen LogP contribution in [-0.2, 0) is 25.4 Å². The lowest BCUT2D eigenvalue weighted by molar-refractivity contribution is 0.00578. The third kappa shape index (κ3) is 4.92. The molecule has 2 fully saturated rings. The van der Waals surface area contributed by atoms with Gasteiger partial charge in [-0.25, -0.2) is 14.7 Å². The zero-order valence-electron chi connectivity index (χ0n) is 23.8. The van der Waals surface area contributed by atoms with Crippen LogP contribution in [0.3, 0.4) is 0 Å². The number of fused-ring (bicyclic) bond motifs is 2. The minimum absolute atomic E-state index is 0.304. The second kappa shape index (κ2) is 9.54. The first kappa shape index (κ1) is 27.0. The molecule has 2 aromatic rings. The quantitative estimate of drug-likeness (QED) is 0.479. The van der Waals surface area contributed by atoms with Gasteiger partial charge in [-0.1, -0.05) is 6.07 Å². The summed E-state index contributed by atoms with van der Waals surface area (Å²) in [5.74, 6) is 1.46. The van der Waals surface area contributed by atoms with Crippen LogP contribution >= 0.6 is 0 Å². The van der Waals surface area contributed by atoms with E-state index in [0.717, 1.165) is 48.2 Å². The van der Waals surface area contributed by atoms with Gasteiger partial charge < -0.3 is 23.5 Å². The molecule has 0 saturated carbocycles. The fraction of sp³-hybridized carbons (Fsp3) is 0.586. The molecule has 5 rings (SSSR count). The number of benzene rings is 1. The number of aryl methyl sites for hydroxylation is 1. The van der Waals surface area contributed by atoms with Crippen LogP contribution in [0.1, 0.15) is 83.9 Å². The summed E-state index contributed by atoms with van der Waals surface area (Å²) in [6.45, 7) is 17.4. The van der Waals surface area contributed by atoms with Gasteiger partial charge >= 0.3 is 13.2 Å². The van der Waals surface area contributed by atoms with Gasteiger partial charge in [0.25, 0.3) is 0 Å². The summed E-state index contributed by atoms with van der Waals surface area (Å²) in [5.41, 5.74) is 2.61. The summed E-state index contributed by atoms with van der Waals surface area (Å²) in [6, 6.07) is 5.97. The van der Waals surface area contributed by atoms with Crippen molar-refractivity contribution < 1.29 is 28.3 Å². The van der Waals surface area contributed by atoms with Crippen LogP contribution in [0.25, 0.3) is 0 Å². The van der Waals surface area contributed by atoms with Gasteiger partial charge in [0.1, 0.15) is 23.8 Å². The molecule has 38 heavy (non-hydrogen) atoms. The van der Waals surface area contributed by atoms with E-state index in [1.165, 1.54) is 0 Å². The van der Waals surface area contributed by atoms with Gasteiger partial charge in [0, 0.05) is 25.0 Å². The lowest BCUT2D eigenvalue weighted by Crippen LogP contribution is -2.41. The van der Waals surface area contributed by atoms with Crippen molar-refractivity contribution in [1.82, 2.24) is 4.98 Å². The van der Waals surface area contributed by atoms with Crippen molar-refractivity contribution in [3.8, 4) is 5.75 Å². The normalized spacial score (nSPS) is 20.8. The molecule has 1 aromatic carbocycles. The standard InChI is InChI=1S/C29H39BN2O6/c1-18-15-20(30-37-28(5,6)29(7,8)38-30)16-23-24(18)35-17-22-21(19-10-13-34-14-11-19)9-12-31-25(22)32(23)26(33)36-27(2,3)4/h9,12,15-16,19H,10-11,13-14,17H2,1-8H3. The fourth-order valence-electron chi connectivity index (χ4n) is 5.23. The Morgan fingerprint density at radius 1 is 1.11 bits per heavy atom. The lowest BCUT2D eigenvalue weighted by atomic mass is 9.78. The van der Waals surface area contributed by atoms with Crippen molar-refractivity contribution in [3.63, 3.8) is 0 Å². The lowest BCUT2D eigenvalue weighted by Gasteiger charge is -2.32. The summed E-state index contributed by atoms with van der Waals surface area (Å²) < 4.78 is 30.7. The summed E-state index contributed by atoms with van der Waals surface area (Å²) in [7, 11) is -0.589. The highest BCUT2D eigenvalue weighted by atomic mass is 16.7. The molecular formula is C29H39BN2O6. The van der Waals surface area contributed by atoms with E-state index in [1.54, 1.807) is 11.1 Å². The number of anilines is 2. The van der Waals surface area contributed by atoms with Crippen LogP contribution < -0.4 is 15.1 Å². The minimum Gasteiger partial charge on any atom is -0.486 e. The number of ether oxygens (including phenoxy) is 3. The molecule has 0 aliphatic carbocycles. The summed E-state index contributed by atoms with van der Waals surface area (Å²) in [4.78, 5) is 20.1. The summed E-state index contributed by atoms with van der Waals surface area (Å²) >= 11 is 0. The topological polar surface area (TPSA) is 79.4 Å². The zero-order valence-corrected chi connectivity index (χ0v) is 23.8. The number of carbonyl (C=O) groups excluding carboxylic acids is 1. The van der Waals surface area contributed by atoms with Crippen molar-refractivity contribution in [3.05, 3.63) is 41.1 Å². The van der Waals surface area contributed by atoms with E-state index < -0.39 is 30.0 Å². The molecule has 9 heteroatoms. The molecule has 1 amide bonds. The van der Waals surface area contributed by atoms with E-state index in [2.05, 4.69) is 0 Å². The first-order chi connectivity index (χ1) is 17.8. The Morgan fingerprint density at radius 2 is 1.76 bits per heavy atom. The smallest absolute Gasteiger partial charge is 0.486 e. The Morgan fingerprint density at radius 3 is 2.39 bits per heavy atom. The van der Waals surface area contributed by atoms with Gasteiger partial charge in [-0.2, -0.15) is 0 Å². The van der Waals surface area contributed by atoms with Gasteiger partial charge in [-0.05, 0) is 103 Å². The van der Waals surface area contributed by atoms with E-state index in [0.29, 0.717) is 29.8 Å². The number of carbonyl (C=O) groups is 1. The van der Waals surface area contributed by atoms with Crippen LogP contribution in [0.2, 0.25) is 0 Å². The van der Waals surface area contributed by atoms with Gasteiger partial charge in [0.05, 0.1) is 16.9 Å². The molecule has 0 N–H and O–H groups in total. The molecule has 204 valence electrons. The van der Waals surface area contributed by atoms with Crippen LogP contribution in [0.4, 0.5) is 16.3 Å². The third-order valence-electron chi connectivity index (χ3n) is 7.92. The molecule has 3 aliphatic rings. The number of nitrogens with zero attached hydrogens (tertiary/aromatic N) is 2. The predicted molar refractivity (Wildman–Crippen MR) is 147 cm³/mol. The van der Waals surface area contributed by atoms with Crippen LogP contribution in [0.15, 0.2) is 24.4 Å². The third-order valence-corrected chi connectivity index (χ3v) is 7.92. The number of rotatable bonds is 2. The van der Waals surface area contributed by atoms with Crippen molar-refractivity contribution in [2.24, 2.45) is 0 Å². The van der Waals surface area contributed by atoms with E-state index >= 15 is 0 Å². The summed E-state index contributed by atoms with van der Waals surface area (Å²) in [5, 5.41) is 0. The van der Waals surface area contributed by atoms with Crippen molar-refractivity contribution in [2.75, 3.05) is 18.1 Å². The first-order valence-corrected chi connectivity index (χ1v) is 13.5. The van der Waals surface area contributed by atoms with Crippen LogP contribution in [-0.4, -0.2) is 48.2 Å². The maximum atomic E-state index is 13.9. The molecule has 2 saturated heterocycles. The number of aromatic nitrogens is 1. The number of amides is 1. The molecule has 3 aliphatic heterocycles. The molecule has 0 atom stereocenters. The van der Waals surface area contributed by atoms with E-state index in [-0.39, 0.29) is 0 Å². The SMILES string of the molecule is Cc1cc(B2OC(C)(C)C(C)(C)O2)cc2c1OCc1c(C3CCOCC3)ccnc1N2C(=O)OC(C)(C)C. The molecule has 0 unspecified atom stereocenters. The fourth-order valence-corrected chi connectivity index (χ4v) is 5.23. The second-order valence-electron chi connectivity index (χ2n) is 12.5. The minimum atomic E-state index is -0.693. The molecule has 8 nitrogen and oxygen atoms in total. The highest BCUT2D eigenvalue weighted by molar-refractivity contribution is 6.62. The Bertz CT molecular complexity index is 1220. The summed E-state index contributed by atoms with van der Waals surface area (Å²) in [6.07, 6.45) is 3.10. The second-order valence-corrected chi connectivity index (χ2v) is 12.5. The van der Waals surface area contributed by atoms with Gasteiger partial charge in [0.2, 0.25) is 0 Å². The first-order valence-electron chi connectivity index (χ1n) is 13.5. The average molecular weight is 522 g/mol. The molecule has 1 aromatic heterocycles. The van der Waals surface area contributed by atoms with Gasteiger partial charge in [-0.15, -0.1) is 0 Å². The van der Waals surface area contributed by atoms with E-state index in [1.807, 2.05) is 73.6 Å². The predicted octanol–water partition coefficient (Wildman–Crippen LogP) is 5.55. The Hall–Kier alpha value is -2.62. The van der Waals surface area contributed by atoms with Gasteiger partial charge in [0.15, 0.2) is 0 Å². The largest absolute Gasteiger partial charge is 0.494 e. The zero-order chi connectivity index (χ0) is 27.5. The Balaban J connectivity index is 1.65. The van der Waals surface area contributed by atoms with Gasteiger partial charge in [-0.3, -0.25) is 0 Å². The van der Waals surface area contributed by atoms with E-state index in [4.69, 9.17) is 28.5 Å². The number of hydrogen-bond acceptors (Lipinski definition) is 7. The Kier molecular flexibility index (Phi) is 6.77. The Labute approximate surface area is 226 Å². The maximum Gasteiger partial charge on any atom is 0.494 e. The molecular weight excluding hydrogens is 483 g/mol. The maximum absolute atomic E-state index is 13.9.